The van der Waals surface area contributed by atoms with E-state index in [1.807, 2.05) is 20.8 Å². The Balaban J connectivity index is 3.58. The Morgan fingerprint density at radius 3 is 2.31 bits per heavy atom. The molecule has 0 saturated carbocycles. The Kier molecular flexibility index (Phi) is 6.16. The zero-order chi connectivity index (χ0) is 10.4. The lowest BCUT2D eigenvalue weighted by atomic mass is 10.3. The summed E-state index contributed by atoms with van der Waals surface area (Å²) < 4.78 is 4.94. The number of ether oxygens (including phenoxy) is 1. The second-order valence-electron chi connectivity index (χ2n) is 3.30. The smallest absolute Gasteiger partial charge is 0.316 e. The minimum Gasteiger partial charge on any atom is -0.462 e. The van der Waals surface area contributed by atoms with E-state index in [0.717, 1.165) is 0 Å². The minimum atomic E-state index is -0.392. The van der Waals surface area contributed by atoms with Crippen molar-refractivity contribution in [1.29, 1.82) is 0 Å². The topological polar surface area (TPSA) is 46.5 Å². The number of carbonyl (C=O) groups excluding carboxylic acids is 1. The monoisotopic (exact) mass is 206 g/mol. The van der Waals surface area contributed by atoms with Gasteiger partial charge in [-0.2, -0.15) is 0 Å². The number of aliphatic hydroxyl groups excluding tert-OH is 1. The van der Waals surface area contributed by atoms with Gasteiger partial charge in [0, 0.05) is 5.25 Å². The zero-order valence-corrected chi connectivity index (χ0v) is 9.43. The van der Waals surface area contributed by atoms with E-state index >= 15 is 0 Å². The number of hydrogen-bond donors (Lipinski definition) is 1. The van der Waals surface area contributed by atoms with Crippen LogP contribution in [0.1, 0.15) is 27.7 Å². The van der Waals surface area contributed by atoms with Gasteiger partial charge < -0.3 is 9.84 Å². The Bertz CT molecular complexity index is 157. The van der Waals surface area contributed by atoms with E-state index in [9.17, 15) is 4.79 Å². The SMILES string of the molecule is CC(C)OC(=O)CSC(C)C(C)O. The summed E-state index contributed by atoms with van der Waals surface area (Å²) in [7, 11) is 0. The number of rotatable bonds is 5. The molecule has 0 aromatic heterocycles. The summed E-state index contributed by atoms with van der Waals surface area (Å²) in [5.41, 5.74) is 0. The van der Waals surface area contributed by atoms with Gasteiger partial charge >= 0.3 is 5.97 Å². The third kappa shape index (κ3) is 6.90. The molecule has 0 aromatic carbocycles. The van der Waals surface area contributed by atoms with E-state index in [2.05, 4.69) is 0 Å². The molecule has 2 unspecified atom stereocenters. The standard InChI is InChI=1S/C9H18O3S/c1-6(2)12-9(11)5-13-8(4)7(3)10/h6-8,10H,5H2,1-4H3. The van der Waals surface area contributed by atoms with Gasteiger partial charge in [-0.15, -0.1) is 11.8 Å². The van der Waals surface area contributed by atoms with Crippen molar-refractivity contribution in [2.24, 2.45) is 0 Å². The van der Waals surface area contributed by atoms with Crippen molar-refractivity contribution >= 4 is 17.7 Å². The molecule has 0 saturated heterocycles. The largest absolute Gasteiger partial charge is 0.462 e. The first kappa shape index (κ1) is 12.8. The van der Waals surface area contributed by atoms with E-state index in [-0.39, 0.29) is 17.3 Å². The predicted octanol–water partition coefficient (Wildman–Crippen LogP) is 1.44. The normalized spacial score (nSPS) is 15.5. The molecule has 4 heteroatoms. The first-order valence-corrected chi connectivity index (χ1v) is 5.47. The molecular formula is C9H18O3S. The molecule has 0 fully saturated rings. The second kappa shape index (κ2) is 6.27. The molecule has 0 amide bonds. The highest BCUT2D eigenvalue weighted by molar-refractivity contribution is 8.00. The molecule has 0 radical (unpaired) electrons. The Labute approximate surface area is 83.9 Å². The van der Waals surface area contributed by atoms with Gasteiger partial charge in [-0.05, 0) is 20.8 Å². The summed E-state index contributed by atoms with van der Waals surface area (Å²) in [6.45, 7) is 7.24. The van der Waals surface area contributed by atoms with Crippen LogP contribution < -0.4 is 0 Å². The van der Waals surface area contributed by atoms with E-state index in [4.69, 9.17) is 9.84 Å². The van der Waals surface area contributed by atoms with Gasteiger partial charge in [0.1, 0.15) is 0 Å². The van der Waals surface area contributed by atoms with Crippen molar-refractivity contribution in [2.75, 3.05) is 5.75 Å². The lowest BCUT2D eigenvalue weighted by Gasteiger charge is -2.14. The van der Waals surface area contributed by atoms with Gasteiger partial charge in [-0.25, -0.2) is 0 Å². The number of aliphatic hydroxyl groups is 1. The van der Waals surface area contributed by atoms with Gasteiger partial charge in [-0.3, -0.25) is 4.79 Å². The quantitative estimate of drug-likeness (QED) is 0.691. The molecule has 2 atom stereocenters. The van der Waals surface area contributed by atoms with Crippen LogP contribution in [0.4, 0.5) is 0 Å². The van der Waals surface area contributed by atoms with Gasteiger partial charge in [-0.1, -0.05) is 6.92 Å². The molecule has 0 aromatic rings. The molecule has 0 spiro atoms. The maximum absolute atomic E-state index is 11.1. The maximum atomic E-state index is 11.1. The van der Waals surface area contributed by atoms with E-state index < -0.39 is 6.10 Å². The molecule has 13 heavy (non-hydrogen) atoms. The van der Waals surface area contributed by atoms with Crippen molar-refractivity contribution in [2.45, 2.75) is 45.2 Å². The molecule has 0 aliphatic rings. The van der Waals surface area contributed by atoms with Crippen LogP contribution >= 0.6 is 11.8 Å². The van der Waals surface area contributed by atoms with Crippen LogP contribution in [-0.4, -0.2) is 34.3 Å². The maximum Gasteiger partial charge on any atom is 0.316 e. The van der Waals surface area contributed by atoms with E-state index in [0.29, 0.717) is 5.75 Å². The van der Waals surface area contributed by atoms with Gasteiger partial charge in [0.25, 0.3) is 0 Å². The summed E-state index contributed by atoms with van der Waals surface area (Å²) in [5.74, 6) is 0.0945. The third-order valence-electron chi connectivity index (χ3n) is 1.51. The first-order valence-electron chi connectivity index (χ1n) is 4.42. The Hall–Kier alpha value is -0.220. The summed E-state index contributed by atoms with van der Waals surface area (Å²) in [4.78, 5) is 11.1. The highest BCUT2D eigenvalue weighted by atomic mass is 32.2. The van der Waals surface area contributed by atoms with E-state index in [1.165, 1.54) is 11.8 Å². The Morgan fingerprint density at radius 1 is 1.38 bits per heavy atom. The van der Waals surface area contributed by atoms with Crippen LogP contribution in [0.15, 0.2) is 0 Å². The second-order valence-corrected chi connectivity index (χ2v) is 4.66. The molecular weight excluding hydrogens is 188 g/mol. The average Bonchev–Trinajstić information content (AvgIpc) is 1.98. The highest BCUT2D eigenvalue weighted by Crippen LogP contribution is 2.14. The molecule has 0 heterocycles. The fraction of sp³-hybridized carbons (Fsp3) is 0.889. The summed E-state index contributed by atoms with van der Waals surface area (Å²) in [6.07, 6.45) is -0.452. The number of carbonyl (C=O) groups is 1. The lowest BCUT2D eigenvalue weighted by Crippen LogP contribution is -2.19. The van der Waals surface area contributed by atoms with Gasteiger partial charge in [0.2, 0.25) is 0 Å². The van der Waals surface area contributed by atoms with Crippen molar-refractivity contribution in [1.82, 2.24) is 0 Å². The third-order valence-corrected chi connectivity index (χ3v) is 2.83. The first-order chi connectivity index (χ1) is 5.93. The predicted molar refractivity (Wildman–Crippen MR) is 54.8 cm³/mol. The van der Waals surface area contributed by atoms with Crippen LogP contribution in [0.2, 0.25) is 0 Å². The van der Waals surface area contributed by atoms with Crippen LogP contribution in [-0.2, 0) is 9.53 Å². The highest BCUT2D eigenvalue weighted by Gasteiger charge is 2.12. The lowest BCUT2D eigenvalue weighted by molar-refractivity contribution is -0.144. The zero-order valence-electron chi connectivity index (χ0n) is 8.61. The molecule has 78 valence electrons. The molecule has 0 bridgehead atoms. The fourth-order valence-electron chi connectivity index (χ4n) is 0.636. The van der Waals surface area contributed by atoms with Crippen molar-refractivity contribution in [3.8, 4) is 0 Å². The number of esters is 1. The van der Waals surface area contributed by atoms with Crippen LogP contribution in [0, 0.1) is 0 Å². The summed E-state index contributed by atoms with van der Waals surface area (Å²) in [6, 6.07) is 0. The van der Waals surface area contributed by atoms with Crippen LogP contribution in [0.5, 0.6) is 0 Å². The van der Waals surface area contributed by atoms with Crippen molar-refractivity contribution in [3.63, 3.8) is 0 Å². The molecule has 0 rings (SSSR count). The van der Waals surface area contributed by atoms with Gasteiger partial charge in [0.05, 0.1) is 18.0 Å². The van der Waals surface area contributed by atoms with Crippen LogP contribution in [0.25, 0.3) is 0 Å². The summed E-state index contributed by atoms with van der Waals surface area (Å²) in [5, 5.41) is 9.21. The molecule has 0 aliphatic heterocycles. The van der Waals surface area contributed by atoms with E-state index in [1.54, 1.807) is 6.92 Å². The minimum absolute atomic E-state index is 0.0602. The molecule has 0 aliphatic carbocycles. The van der Waals surface area contributed by atoms with Crippen molar-refractivity contribution < 1.29 is 14.6 Å². The molecule has 1 N–H and O–H groups in total. The molecule has 3 nitrogen and oxygen atoms in total. The number of hydrogen-bond acceptors (Lipinski definition) is 4. The summed E-state index contributed by atoms with van der Waals surface area (Å²) >= 11 is 1.41. The van der Waals surface area contributed by atoms with Crippen molar-refractivity contribution in [3.05, 3.63) is 0 Å². The average molecular weight is 206 g/mol. The van der Waals surface area contributed by atoms with Crippen LogP contribution in [0.3, 0.4) is 0 Å². The van der Waals surface area contributed by atoms with Gasteiger partial charge in [0.15, 0.2) is 0 Å². The number of thioether (sulfide) groups is 1. The fourth-order valence-corrected chi connectivity index (χ4v) is 1.38. The Morgan fingerprint density at radius 2 is 1.92 bits per heavy atom.